The summed E-state index contributed by atoms with van der Waals surface area (Å²) < 4.78 is 27.8. The molecule has 0 saturated heterocycles. The molecule has 1 amide bonds. The van der Waals surface area contributed by atoms with Crippen molar-refractivity contribution < 1.29 is 13.2 Å². The zero-order valence-electron chi connectivity index (χ0n) is 15.7. The fourth-order valence-corrected chi connectivity index (χ4v) is 4.02. The Labute approximate surface area is 156 Å². The van der Waals surface area contributed by atoms with Gasteiger partial charge in [0, 0.05) is 13.1 Å². The molecule has 26 heavy (non-hydrogen) atoms. The van der Waals surface area contributed by atoms with Gasteiger partial charge in [-0.25, -0.2) is 8.42 Å². The molecule has 144 valence electrons. The zero-order chi connectivity index (χ0) is 19.2. The molecular formula is C19H29N3O3S. The average molecular weight is 380 g/mol. The highest BCUT2D eigenvalue weighted by Crippen LogP contribution is 2.13. The van der Waals surface area contributed by atoms with E-state index >= 15 is 0 Å². The molecule has 0 saturated carbocycles. The molecule has 0 radical (unpaired) electrons. The number of carbonyl (C=O) groups is 1. The highest BCUT2D eigenvalue weighted by Gasteiger charge is 2.26. The summed E-state index contributed by atoms with van der Waals surface area (Å²) in [7, 11) is -3.75. The van der Waals surface area contributed by atoms with Crippen molar-refractivity contribution in [2.24, 2.45) is 5.92 Å². The van der Waals surface area contributed by atoms with E-state index in [-0.39, 0.29) is 16.7 Å². The Kier molecular flexibility index (Phi) is 7.37. The molecule has 0 aromatic heterocycles. The minimum Gasteiger partial charge on any atom is -0.351 e. The number of carbonyl (C=O) groups excluding carboxylic acids is 1. The van der Waals surface area contributed by atoms with Crippen LogP contribution in [0.3, 0.4) is 0 Å². The number of hydrogen-bond donors (Lipinski definition) is 3. The first-order valence-corrected chi connectivity index (χ1v) is 10.5. The molecule has 3 N–H and O–H groups in total. The van der Waals surface area contributed by atoms with Crippen molar-refractivity contribution in [3.8, 4) is 0 Å². The van der Waals surface area contributed by atoms with Crippen LogP contribution in [0.4, 0.5) is 0 Å². The maximum atomic E-state index is 12.6. The van der Waals surface area contributed by atoms with Crippen LogP contribution in [0.5, 0.6) is 0 Å². The molecule has 2 rings (SSSR count). The lowest BCUT2D eigenvalue weighted by Gasteiger charge is -2.21. The van der Waals surface area contributed by atoms with Crippen LogP contribution in [0, 0.1) is 12.8 Å². The van der Waals surface area contributed by atoms with E-state index in [4.69, 9.17) is 0 Å². The van der Waals surface area contributed by atoms with E-state index in [1.54, 1.807) is 24.3 Å². The van der Waals surface area contributed by atoms with Crippen molar-refractivity contribution in [1.82, 2.24) is 15.4 Å². The number of rotatable bonds is 8. The molecule has 1 aromatic carbocycles. The molecule has 1 aliphatic rings. The van der Waals surface area contributed by atoms with Gasteiger partial charge in [0.2, 0.25) is 15.9 Å². The number of amides is 1. The van der Waals surface area contributed by atoms with Crippen LogP contribution in [-0.4, -0.2) is 40.0 Å². The van der Waals surface area contributed by atoms with Gasteiger partial charge in [-0.2, -0.15) is 4.72 Å². The van der Waals surface area contributed by atoms with Gasteiger partial charge in [0.1, 0.15) is 6.04 Å². The van der Waals surface area contributed by atoms with Crippen molar-refractivity contribution in [3.05, 3.63) is 41.5 Å². The Morgan fingerprint density at radius 2 is 1.92 bits per heavy atom. The number of aryl methyl sites for hydroxylation is 1. The van der Waals surface area contributed by atoms with Gasteiger partial charge in [0.05, 0.1) is 4.90 Å². The summed E-state index contributed by atoms with van der Waals surface area (Å²) in [4.78, 5) is 12.8. The predicted octanol–water partition coefficient (Wildman–Crippen LogP) is 1.72. The number of nitrogens with one attached hydrogen (secondary N) is 3. The summed E-state index contributed by atoms with van der Waals surface area (Å²) in [5.41, 5.74) is 2.15. The van der Waals surface area contributed by atoms with Crippen molar-refractivity contribution in [2.45, 2.75) is 44.6 Å². The van der Waals surface area contributed by atoms with E-state index in [1.807, 2.05) is 20.8 Å². The number of sulfonamides is 1. The van der Waals surface area contributed by atoms with Gasteiger partial charge < -0.3 is 10.6 Å². The standard InChI is InChI=1S/C19H29N3O3S/c1-14(2)12-18(19(23)21-13-16-8-10-20-11-9-16)22-26(24,25)17-6-4-15(3)5-7-17/h4-8,14,18,20,22H,9-13H2,1-3H3,(H,21,23). The van der Waals surface area contributed by atoms with Gasteiger partial charge >= 0.3 is 0 Å². The van der Waals surface area contributed by atoms with Gasteiger partial charge in [-0.3, -0.25) is 4.79 Å². The van der Waals surface area contributed by atoms with Crippen molar-refractivity contribution >= 4 is 15.9 Å². The minimum atomic E-state index is -3.75. The van der Waals surface area contributed by atoms with Gasteiger partial charge in [0.15, 0.2) is 0 Å². The molecule has 7 heteroatoms. The SMILES string of the molecule is Cc1ccc(S(=O)(=O)NC(CC(C)C)C(=O)NCC2=CCNCC2)cc1. The molecule has 1 atom stereocenters. The van der Waals surface area contributed by atoms with E-state index in [9.17, 15) is 13.2 Å². The topological polar surface area (TPSA) is 87.3 Å². The third kappa shape index (κ3) is 6.23. The third-order valence-electron chi connectivity index (χ3n) is 4.30. The normalized spacial score (nSPS) is 16.2. The van der Waals surface area contributed by atoms with Gasteiger partial charge in [-0.05, 0) is 44.4 Å². The fraction of sp³-hybridized carbons (Fsp3) is 0.526. The van der Waals surface area contributed by atoms with Crippen LogP contribution in [0.2, 0.25) is 0 Å². The van der Waals surface area contributed by atoms with Crippen LogP contribution in [-0.2, 0) is 14.8 Å². The Morgan fingerprint density at radius 3 is 2.50 bits per heavy atom. The first-order valence-electron chi connectivity index (χ1n) is 9.03. The van der Waals surface area contributed by atoms with Crippen LogP contribution in [0.15, 0.2) is 40.8 Å². The molecule has 0 spiro atoms. The monoisotopic (exact) mass is 379 g/mol. The van der Waals surface area contributed by atoms with Crippen molar-refractivity contribution in [2.75, 3.05) is 19.6 Å². The van der Waals surface area contributed by atoms with E-state index in [0.29, 0.717) is 13.0 Å². The average Bonchev–Trinajstić information content (AvgIpc) is 2.60. The summed E-state index contributed by atoms with van der Waals surface area (Å²) in [6.45, 7) is 8.00. The molecule has 1 aromatic rings. The van der Waals surface area contributed by atoms with E-state index in [0.717, 1.165) is 25.1 Å². The molecule has 0 bridgehead atoms. The second kappa shape index (κ2) is 9.30. The lowest BCUT2D eigenvalue weighted by Crippen LogP contribution is -2.47. The van der Waals surface area contributed by atoms with Gasteiger partial charge in [0.25, 0.3) is 0 Å². The smallest absolute Gasteiger partial charge is 0.241 e. The Hall–Kier alpha value is -1.70. The summed E-state index contributed by atoms with van der Waals surface area (Å²) >= 11 is 0. The predicted molar refractivity (Wildman–Crippen MR) is 103 cm³/mol. The quantitative estimate of drug-likeness (QED) is 0.600. The maximum Gasteiger partial charge on any atom is 0.241 e. The maximum absolute atomic E-state index is 12.6. The molecule has 1 heterocycles. The lowest BCUT2D eigenvalue weighted by molar-refractivity contribution is -0.122. The summed E-state index contributed by atoms with van der Waals surface area (Å²) in [5.74, 6) is -0.0987. The second-order valence-electron chi connectivity index (χ2n) is 7.15. The molecule has 0 aliphatic carbocycles. The largest absolute Gasteiger partial charge is 0.351 e. The number of hydrogen-bond acceptors (Lipinski definition) is 4. The van der Waals surface area contributed by atoms with E-state index in [1.165, 1.54) is 5.57 Å². The van der Waals surface area contributed by atoms with Crippen molar-refractivity contribution in [3.63, 3.8) is 0 Å². The first kappa shape index (κ1) is 20.6. The zero-order valence-corrected chi connectivity index (χ0v) is 16.5. The second-order valence-corrected chi connectivity index (χ2v) is 8.86. The minimum absolute atomic E-state index is 0.172. The lowest BCUT2D eigenvalue weighted by atomic mass is 10.0. The Bertz CT molecular complexity index is 740. The van der Waals surface area contributed by atoms with Crippen molar-refractivity contribution in [1.29, 1.82) is 0 Å². The highest BCUT2D eigenvalue weighted by molar-refractivity contribution is 7.89. The summed E-state index contributed by atoms with van der Waals surface area (Å²) in [6.07, 6.45) is 3.40. The summed E-state index contributed by atoms with van der Waals surface area (Å²) in [6, 6.07) is 5.82. The van der Waals surface area contributed by atoms with Gasteiger partial charge in [-0.15, -0.1) is 0 Å². The molecule has 0 fully saturated rings. The summed E-state index contributed by atoms with van der Waals surface area (Å²) in [5, 5.41) is 6.10. The third-order valence-corrected chi connectivity index (χ3v) is 5.79. The van der Waals surface area contributed by atoms with E-state index in [2.05, 4.69) is 21.4 Å². The Balaban J connectivity index is 2.06. The molecule has 1 unspecified atom stereocenters. The van der Waals surface area contributed by atoms with Crippen LogP contribution < -0.4 is 15.4 Å². The van der Waals surface area contributed by atoms with Crippen LogP contribution in [0.1, 0.15) is 32.3 Å². The first-order chi connectivity index (χ1) is 12.3. The number of benzene rings is 1. The molecule has 6 nitrogen and oxygen atoms in total. The van der Waals surface area contributed by atoms with Crippen LogP contribution >= 0.6 is 0 Å². The van der Waals surface area contributed by atoms with E-state index < -0.39 is 16.1 Å². The van der Waals surface area contributed by atoms with Gasteiger partial charge in [-0.1, -0.05) is 43.2 Å². The highest BCUT2D eigenvalue weighted by atomic mass is 32.2. The molecular weight excluding hydrogens is 350 g/mol. The Morgan fingerprint density at radius 1 is 1.23 bits per heavy atom. The fourth-order valence-electron chi connectivity index (χ4n) is 2.81. The molecule has 1 aliphatic heterocycles. The van der Waals surface area contributed by atoms with Crippen LogP contribution in [0.25, 0.3) is 0 Å².